The van der Waals surface area contributed by atoms with Gasteiger partial charge in [0.2, 0.25) is 11.8 Å². The summed E-state index contributed by atoms with van der Waals surface area (Å²) in [5, 5.41) is 3.14. The van der Waals surface area contributed by atoms with Crippen LogP contribution in [0.2, 0.25) is 0 Å². The highest BCUT2D eigenvalue weighted by molar-refractivity contribution is 9.10. The molecule has 224 valence electrons. The van der Waals surface area contributed by atoms with Gasteiger partial charge in [-0.3, -0.25) is 13.9 Å². The highest BCUT2D eigenvalue weighted by Gasteiger charge is 2.34. The van der Waals surface area contributed by atoms with E-state index in [2.05, 4.69) is 21.2 Å². The number of nitrogens with zero attached hydrogens (tertiary/aromatic N) is 2. The SMILES string of the molecule is Cc1ccc(S(=O)(=O)N(CC(=O)N(Cc2ccc(Br)cc2)[C@H](C)C(=O)NC2CCCCC2)c2cccc(C)c2C)cc1. The molecule has 7 nitrogen and oxygen atoms in total. The number of nitrogens with one attached hydrogen (secondary N) is 1. The number of aryl methyl sites for hydroxylation is 2. The minimum Gasteiger partial charge on any atom is -0.352 e. The summed E-state index contributed by atoms with van der Waals surface area (Å²) in [6.45, 7) is 7.09. The largest absolute Gasteiger partial charge is 0.352 e. The molecular formula is C33H40BrN3O4S. The van der Waals surface area contributed by atoms with E-state index in [4.69, 9.17) is 0 Å². The van der Waals surface area contributed by atoms with E-state index in [0.29, 0.717) is 5.69 Å². The van der Waals surface area contributed by atoms with Gasteiger partial charge < -0.3 is 10.2 Å². The Morgan fingerprint density at radius 3 is 2.21 bits per heavy atom. The molecule has 1 atom stereocenters. The van der Waals surface area contributed by atoms with Crippen molar-refractivity contribution in [3.05, 3.63) is 93.5 Å². The molecule has 0 aliphatic heterocycles. The van der Waals surface area contributed by atoms with Gasteiger partial charge in [0.15, 0.2) is 0 Å². The molecule has 2 amide bonds. The third-order valence-corrected chi connectivity index (χ3v) is 10.4. The zero-order valence-electron chi connectivity index (χ0n) is 24.8. The number of carbonyl (C=O) groups is 2. The summed E-state index contributed by atoms with van der Waals surface area (Å²) in [6, 6.07) is 18.9. The van der Waals surface area contributed by atoms with Crippen molar-refractivity contribution in [3.63, 3.8) is 0 Å². The first kappa shape index (κ1) is 31.8. The number of benzene rings is 3. The lowest BCUT2D eigenvalue weighted by Crippen LogP contribution is -2.53. The zero-order chi connectivity index (χ0) is 30.4. The fraction of sp³-hybridized carbons (Fsp3) is 0.394. The Labute approximate surface area is 258 Å². The van der Waals surface area contributed by atoms with Gasteiger partial charge in [0.25, 0.3) is 10.0 Å². The predicted molar refractivity (Wildman–Crippen MR) is 171 cm³/mol. The Kier molecular flexibility index (Phi) is 10.5. The predicted octanol–water partition coefficient (Wildman–Crippen LogP) is 6.44. The van der Waals surface area contributed by atoms with E-state index in [1.54, 1.807) is 43.3 Å². The molecule has 1 aliphatic carbocycles. The third kappa shape index (κ3) is 7.61. The van der Waals surface area contributed by atoms with Crippen molar-refractivity contribution in [2.45, 2.75) is 83.3 Å². The monoisotopic (exact) mass is 653 g/mol. The molecule has 42 heavy (non-hydrogen) atoms. The molecule has 0 saturated heterocycles. The standard InChI is InChI=1S/C33H40BrN3O4S/c1-23-13-19-30(20-14-23)42(40,41)37(31-12-8-9-24(2)25(31)3)22-32(38)36(21-27-15-17-28(34)18-16-27)26(4)33(39)35-29-10-6-5-7-11-29/h8-9,12-20,26,29H,5-7,10-11,21-22H2,1-4H3,(H,35,39)/t26-/m1/s1. The first-order valence-corrected chi connectivity index (χ1v) is 16.7. The summed E-state index contributed by atoms with van der Waals surface area (Å²) in [5.41, 5.74) is 3.89. The van der Waals surface area contributed by atoms with Crippen molar-refractivity contribution < 1.29 is 18.0 Å². The smallest absolute Gasteiger partial charge is 0.264 e. The van der Waals surface area contributed by atoms with E-state index in [1.165, 1.54) is 15.6 Å². The third-order valence-electron chi connectivity index (χ3n) is 8.12. The minimum absolute atomic E-state index is 0.0895. The van der Waals surface area contributed by atoms with Crippen LogP contribution in [-0.4, -0.2) is 43.8 Å². The van der Waals surface area contributed by atoms with Gasteiger partial charge in [0.1, 0.15) is 12.6 Å². The topological polar surface area (TPSA) is 86.8 Å². The van der Waals surface area contributed by atoms with Crippen LogP contribution in [0.1, 0.15) is 61.3 Å². The van der Waals surface area contributed by atoms with Gasteiger partial charge in [-0.15, -0.1) is 0 Å². The van der Waals surface area contributed by atoms with Gasteiger partial charge in [-0.05, 0) is 87.6 Å². The molecule has 1 N–H and O–H groups in total. The maximum Gasteiger partial charge on any atom is 0.264 e. The summed E-state index contributed by atoms with van der Waals surface area (Å²) >= 11 is 3.45. The van der Waals surface area contributed by atoms with Crippen LogP contribution in [-0.2, 0) is 26.2 Å². The van der Waals surface area contributed by atoms with Crippen LogP contribution < -0.4 is 9.62 Å². The van der Waals surface area contributed by atoms with Crippen LogP contribution in [0.4, 0.5) is 5.69 Å². The van der Waals surface area contributed by atoms with Gasteiger partial charge in [0.05, 0.1) is 10.6 Å². The minimum atomic E-state index is -4.11. The van der Waals surface area contributed by atoms with Crippen molar-refractivity contribution in [1.82, 2.24) is 10.2 Å². The van der Waals surface area contributed by atoms with Gasteiger partial charge >= 0.3 is 0 Å². The number of halogens is 1. The Hall–Kier alpha value is -3.17. The number of hydrogen-bond acceptors (Lipinski definition) is 4. The van der Waals surface area contributed by atoms with Crippen molar-refractivity contribution in [2.24, 2.45) is 0 Å². The summed E-state index contributed by atoms with van der Waals surface area (Å²) in [6.07, 6.45) is 5.16. The summed E-state index contributed by atoms with van der Waals surface area (Å²) in [4.78, 5) is 29.2. The molecule has 3 aromatic rings. The first-order valence-electron chi connectivity index (χ1n) is 14.5. The van der Waals surface area contributed by atoms with E-state index in [1.807, 2.05) is 51.1 Å². The molecule has 0 unspecified atom stereocenters. The number of sulfonamides is 1. The molecule has 0 spiro atoms. The molecule has 1 aliphatic rings. The van der Waals surface area contributed by atoms with E-state index >= 15 is 0 Å². The van der Waals surface area contributed by atoms with E-state index in [9.17, 15) is 18.0 Å². The molecule has 0 bridgehead atoms. The van der Waals surface area contributed by atoms with E-state index < -0.39 is 28.5 Å². The van der Waals surface area contributed by atoms with Crippen LogP contribution in [0.3, 0.4) is 0 Å². The van der Waals surface area contributed by atoms with Crippen LogP contribution >= 0.6 is 15.9 Å². The molecular weight excluding hydrogens is 614 g/mol. The van der Waals surface area contributed by atoms with Crippen LogP contribution in [0.15, 0.2) is 76.1 Å². The summed E-state index contributed by atoms with van der Waals surface area (Å²) < 4.78 is 30.3. The van der Waals surface area contributed by atoms with Crippen molar-refractivity contribution >= 4 is 43.5 Å². The lowest BCUT2D eigenvalue weighted by atomic mass is 9.95. The quantitative estimate of drug-likeness (QED) is 0.273. The van der Waals surface area contributed by atoms with Crippen LogP contribution in [0.25, 0.3) is 0 Å². The molecule has 0 aromatic heterocycles. The Morgan fingerprint density at radius 1 is 0.929 bits per heavy atom. The second-order valence-corrected chi connectivity index (χ2v) is 14.0. The molecule has 4 rings (SSSR count). The first-order chi connectivity index (χ1) is 20.0. The molecule has 0 radical (unpaired) electrons. The number of anilines is 1. The maximum absolute atomic E-state index is 14.2. The molecule has 3 aromatic carbocycles. The average molecular weight is 655 g/mol. The lowest BCUT2D eigenvalue weighted by Gasteiger charge is -2.33. The van der Waals surface area contributed by atoms with Gasteiger partial charge in [-0.1, -0.05) is 77.2 Å². The number of hydrogen-bond donors (Lipinski definition) is 1. The van der Waals surface area contributed by atoms with Gasteiger partial charge in [0, 0.05) is 17.1 Å². The number of carbonyl (C=O) groups excluding carboxylic acids is 2. The Morgan fingerprint density at radius 2 is 1.57 bits per heavy atom. The van der Waals surface area contributed by atoms with Gasteiger partial charge in [-0.2, -0.15) is 0 Å². The molecule has 0 heterocycles. The van der Waals surface area contributed by atoms with Crippen molar-refractivity contribution in [1.29, 1.82) is 0 Å². The molecule has 1 fully saturated rings. The second-order valence-electron chi connectivity index (χ2n) is 11.2. The van der Waals surface area contributed by atoms with Crippen LogP contribution in [0, 0.1) is 20.8 Å². The average Bonchev–Trinajstić information content (AvgIpc) is 2.97. The van der Waals surface area contributed by atoms with Crippen molar-refractivity contribution in [3.8, 4) is 0 Å². The molecule has 9 heteroatoms. The van der Waals surface area contributed by atoms with Crippen LogP contribution in [0.5, 0.6) is 0 Å². The normalized spacial score (nSPS) is 14.7. The van der Waals surface area contributed by atoms with E-state index in [0.717, 1.165) is 52.4 Å². The molecule has 1 saturated carbocycles. The zero-order valence-corrected chi connectivity index (χ0v) is 27.2. The fourth-order valence-corrected chi connectivity index (χ4v) is 7.03. The van der Waals surface area contributed by atoms with Crippen molar-refractivity contribution in [2.75, 3.05) is 10.8 Å². The summed E-state index contributed by atoms with van der Waals surface area (Å²) in [5.74, 6) is -0.687. The van der Waals surface area contributed by atoms with E-state index in [-0.39, 0.29) is 23.4 Å². The summed E-state index contributed by atoms with van der Waals surface area (Å²) in [7, 11) is -4.11. The number of rotatable bonds is 10. The Balaban J connectivity index is 1.70. The number of amides is 2. The highest BCUT2D eigenvalue weighted by atomic mass is 79.9. The lowest BCUT2D eigenvalue weighted by molar-refractivity contribution is -0.139. The maximum atomic E-state index is 14.2. The highest BCUT2D eigenvalue weighted by Crippen LogP contribution is 2.29. The van der Waals surface area contributed by atoms with Gasteiger partial charge in [-0.25, -0.2) is 8.42 Å². The fourth-order valence-electron chi connectivity index (χ4n) is 5.29. The Bertz CT molecular complexity index is 1500. The second kappa shape index (κ2) is 13.9.